The first-order valence-corrected chi connectivity index (χ1v) is 10.8. The molecule has 0 spiro atoms. The van der Waals surface area contributed by atoms with Crippen molar-refractivity contribution in [1.29, 1.82) is 0 Å². The van der Waals surface area contributed by atoms with E-state index >= 15 is 0 Å². The van der Waals surface area contributed by atoms with Crippen LogP contribution in [0.4, 0.5) is 23.7 Å². The minimum absolute atomic E-state index is 0.0213. The van der Waals surface area contributed by atoms with Crippen molar-refractivity contribution in [3.63, 3.8) is 0 Å². The average Bonchev–Trinajstić information content (AvgIpc) is 3.16. The van der Waals surface area contributed by atoms with Gasteiger partial charge in [0.25, 0.3) is 0 Å². The Hall–Kier alpha value is -2.74. The van der Waals surface area contributed by atoms with Gasteiger partial charge in [-0.05, 0) is 68.1 Å². The van der Waals surface area contributed by atoms with E-state index in [1.165, 1.54) is 12.1 Å². The van der Waals surface area contributed by atoms with Crippen molar-refractivity contribution < 1.29 is 22.7 Å². The standard InChI is InChI=1S/C24H28F3N3O2/c1-30(2)11-10-28-23(31)32-17-13-18-19-12-16(24(25,26)27)8-9-21(19)29-22(20(18)14-17)15-6-4-3-5-7-15/h3-9,12,17-18,20,22,29H,10-11,13-14H2,1-2H3,(H,28,31)/t17?,18-,20?,22+/m1/s1. The Balaban J connectivity index is 1.58. The molecule has 1 heterocycles. The quantitative estimate of drug-likeness (QED) is 0.676. The molecule has 32 heavy (non-hydrogen) atoms. The second-order valence-corrected chi connectivity index (χ2v) is 8.83. The van der Waals surface area contributed by atoms with E-state index in [4.69, 9.17) is 4.74 Å². The first-order chi connectivity index (χ1) is 15.2. The zero-order valence-corrected chi connectivity index (χ0v) is 18.2. The monoisotopic (exact) mass is 447 g/mol. The smallest absolute Gasteiger partial charge is 0.416 e. The van der Waals surface area contributed by atoms with E-state index < -0.39 is 17.8 Å². The van der Waals surface area contributed by atoms with Crippen LogP contribution in [0.1, 0.15) is 41.5 Å². The van der Waals surface area contributed by atoms with E-state index in [0.29, 0.717) is 37.2 Å². The summed E-state index contributed by atoms with van der Waals surface area (Å²) in [6.07, 6.45) is -4.14. The Bertz CT molecular complexity index is 949. The van der Waals surface area contributed by atoms with Gasteiger partial charge in [0.1, 0.15) is 6.10 Å². The van der Waals surface area contributed by atoms with Crippen LogP contribution in [0.2, 0.25) is 0 Å². The first-order valence-electron chi connectivity index (χ1n) is 10.8. The molecule has 2 unspecified atom stereocenters. The third kappa shape index (κ3) is 4.85. The van der Waals surface area contributed by atoms with Crippen molar-refractivity contribution in [2.24, 2.45) is 5.92 Å². The molecule has 1 aliphatic heterocycles. The zero-order chi connectivity index (χ0) is 22.9. The van der Waals surface area contributed by atoms with Crippen LogP contribution in [-0.4, -0.2) is 44.3 Å². The molecular formula is C24H28F3N3O2. The molecule has 4 rings (SSSR count). The van der Waals surface area contributed by atoms with E-state index in [2.05, 4.69) is 10.6 Å². The first kappa shape index (κ1) is 22.5. The van der Waals surface area contributed by atoms with Gasteiger partial charge in [0, 0.05) is 18.8 Å². The molecule has 172 valence electrons. The average molecular weight is 448 g/mol. The van der Waals surface area contributed by atoms with Gasteiger partial charge in [0.15, 0.2) is 0 Å². The molecule has 2 aliphatic rings. The van der Waals surface area contributed by atoms with Gasteiger partial charge in [0.05, 0.1) is 11.6 Å². The Labute approximate surface area is 185 Å². The molecule has 2 aromatic rings. The number of rotatable bonds is 5. The lowest BCUT2D eigenvalue weighted by molar-refractivity contribution is -0.137. The van der Waals surface area contributed by atoms with Crippen LogP contribution >= 0.6 is 0 Å². The third-order valence-electron chi connectivity index (χ3n) is 6.35. The number of fused-ring (bicyclic) bond motifs is 3. The molecule has 2 N–H and O–H groups in total. The van der Waals surface area contributed by atoms with E-state index in [1.807, 2.05) is 49.3 Å². The number of anilines is 1. The van der Waals surface area contributed by atoms with Gasteiger partial charge in [-0.15, -0.1) is 0 Å². The fourth-order valence-electron chi connectivity index (χ4n) is 4.86. The number of carbonyl (C=O) groups excluding carboxylic acids is 1. The number of halogens is 3. The molecule has 0 bridgehead atoms. The summed E-state index contributed by atoms with van der Waals surface area (Å²) in [7, 11) is 3.83. The number of carbonyl (C=O) groups is 1. The van der Waals surface area contributed by atoms with E-state index in [9.17, 15) is 18.0 Å². The molecule has 0 saturated heterocycles. The molecule has 2 aromatic carbocycles. The Kier molecular flexibility index (Phi) is 6.33. The van der Waals surface area contributed by atoms with Gasteiger partial charge in [-0.1, -0.05) is 30.3 Å². The normalized spacial score (nSPS) is 24.4. The zero-order valence-electron chi connectivity index (χ0n) is 18.2. The molecule has 5 nitrogen and oxygen atoms in total. The molecule has 1 amide bonds. The highest BCUT2D eigenvalue weighted by Crippen LogP contribution is 2.54. The maximum atomic E-state index is 13.4. The summed E-state index contributed by atoms with van der Waals surface area (Å²) in [4.78, 5) is 14.2. The van der Waals surface area contributed by atoms with Gasteiger partial charge in [-0.3, -0.25) is 0 Å². The summed E-state index contributed by atoms with van der Waals surface area (Å²) >= 11 is 0. The molecule has 0 aromatic heterocycles. The van der Waals surface area contributed by atoms with Crippen molar-refractivity contribution in [1.82, 2.24) is 10.2 Å². The van der Waals surface area contributed by atoms with Gasteiger partial charge in [-0.2, -0.15) is 13.2 Å². The van der Waals surface area contributed by atoms with Crippen LogP contribution in [0.3, 0.4) is 0 Å². The number of hydrogen-bond donors (Lipinski definition) is 2. The molecule has 0 radical (unpaired) electrons. The van der Waals surface area contributed by atoms with Crippen LogP contribution in [-0.2, 0) is 10.9 Å². The summed E-state index contributed by atoms with van der Waals surface area (Å²) in [5, 5.41) is 6.20. The number of benzene rings is 2. The molecule has 1 fully saturated rings. The lowest BCUT2D eigenvalue weighted by Gasteiger charge is -2.37. The van der Waals surface area contributed by atoms with Crippen molar-refractivity contribution in [2.45, 2.75) is 37.1 Å². The maximum Gasteiger partial charge on any atom is 0.416 e. The highest BCUT2D eigenvalue weighted by atomic mass is 19.4. The van der Waals surface area contributed by atoms with Gasteiger partial charge < -0.3 is 20.3 Å². The summed E-state index contributed by atoms with van der Waals surface area (Å²) in [5.74, 6) is -0.105. The second-order valence-electron chi connectivity index (χ2n) is 8.83. The third-order valence-corrected chi connectivity index (χ3v) is 6.35. The van der Waals surface area contributed by atoms with Crippen molar-refractivity contribution >= 4 is 11.8 Å². The number of nitrogens with one attached hydrogen (secondary N) is 2. The van der Waals surface area contributed by atoms with Crippen LogP contribution < -0.4 is 10.6 Å². The molecule has 1 aliphatic carbocycles. The van der Waals surface area contributed by atoms with Crippen molar-refractivity contribution in [3.8, 4) is 0 Å². The summed E-state index contributed by atoms with van der Waals surface area (Å²) < 4.78 is 45.8. The minimum atomic E-state index is -4.40. The fourth-order valence-corrected chi connectivity index (χ4v) is 4.86. The second kappa shape index (κ2) is 9.02. The number of alkyl halides is 3. The van der Waals surface area contributed by atoms with Crippen molar-refractivity contribution in [3.05, 3.63) is 65.2 Å². The summed E-state index contributed by atoms with van der Waals surface area (Å²) in [5.41, 5.74) is 1.78. The minimum Gasteiger partial charge on any atom is -0.446 e. The highest BCUT2D eigenvalue weighted by Gasteiger charge is 2.46. The predicted molar refractivity (Wildman–Crippen MR) is 117 cm³/mol. The molecule has 1 saturated carbocycles. The number of ether oxygens (including phenoxy) is 1. The van der Waals surface area contributed by atoms with Crippen LogP contribution in [0.5, 0.6) is 0 Å². The highest BCUT2D eigenvalue weighted by molar-refractivity contribution is 5.67. The fraction of sp³-hybridized carbons (Fsp3) is 0.458. The van der Waals surface area contributed by atoms with Crippen molar-refractivity contribution in [2.75, 3.05) is 32.5 Å². The number of nitrogens with zero attached hydrogens (tertiary/aromatic N) is 1. The van der Waals surface area contributed by atoms with Gasteiger partial charge in [0.2, 0.25) is 0 Å². The SMILES string of the molecule is CN(C)CCNC(=O)OC1CC2[C@H](C1)c1cc(C(F)(F)F)ccc1N[C@H]2c1ccccc1. The van der Waals surface area contributed by atoms with E-state index in [0.717, 1.165) is 11.6 Å². The summed E-state index contributed by atoms with van der Waals surface area (Å²) in [6, 6.07) is 13.7. The van der Waals surface area contributed by atoms with Crippen LogP contribution in [0, 0.1) is 5.92 Å². The maximum absolute atomic E-state index is 13.4. The number of hydrogen-bond acceptors (Lipinski definition) is 4. The molecule has 4 atom stereocenters. The molecular weight excluding hydrogens is 419 g/mol. The van der Waals surface area contributed by atoms with Gasteiger partial charge >= 0.3 is 12.3 Å². The number of amides is 1. The Morgan fingerprint density at radius 1 is 1.16 bits per heavy atom. The number of alkyl carbamates (subject to hydrolysis) is 1. The topological polar surface area (TPSA) is 53.6 Å². The van der Waals surface area contributed by atoms with Crippen LogP contribution in [0.25, 0.3) is 0 Å². The Morgan fingerprint density at radius 2 is 1.91 bits per heavy atom. The van der Waals surface area contributed by atoms with E-state index in [-0.39, 0.29) is 24.0 Å². The number of likely N-dealkylation sites (N-methyl/N-ethyl adjacent to an activating group) is 1. The van der Waals surface area contributed by atoms with Crippen LogP contribution in [0.15, 0.2) is 48.5 Å². The molecule has 8 heteroatoms. The lowest BCUT2D eigenvalue weighted by Crippen LogP contribution is -2.33. The predicted octanol–water partition coefficient (Wildman–Crippen LogP) is 5.02. The largest absolute Gasteiger partial charge is 0.446 e. The van der Waals surface area contributed by atoms with Gasteiger partial charge in [-0.25, -0.2) is 4.79 Å². The summed E-state index contributed by atoms with van der Waals surface area (Å²) in [6.45, 7) is 1.16. The van der Waals surface area contributed by atoms with E-state index in [1.54, 1.807) is 0 Å². The lowest BCUT2D eigenvalue weighted by atomic mass is 9.77. The Morgan fingerprint density at radius 3 is 2.59 bits per heavy atom.